The summed E-state index contributed by atoms with van der Waals surface area (Å²) in [4.78, 5) is 0.282. The van der Waals surface area contributed by atoms with Gasteiger partial charge in [-0.15, -0.1) is 0 Å². The Bertz CT molecular complexity index is 789. The standard InChI is InChI=1S/C16H26N2O4S2/c1-5-17(6-2)24(21,22)16-13(3)11-15(12-14(16)4)18-9-7-8-10-23(18,19)20/h11-12H,5-10H2,1-4H3. The van der Waals surface area contributed by atoms with E-state index in [-0.39, 0.29) is 10.6 Å². The van der Waals surface area contributed by atoms with Gasteiger partial charge < -0.3 is 0 Å². The molecule has 1 saturated heterocycles. The van der Waals surface area contributed by atoms with Crippen LogP contribution in [-0.4, -0.2) is 46.5 Å². The zero-order valence-corrected chi connectivity index (χ0v) is 16.4. The predicted molar refractivity (Wildman–Crippen MR) is 96.4 cm³/mol. The summed E-state index contributed by atoms with van der Waals surface area (Å²) in [7, 11) is -6.88. The van der Waals surface area contributed by atoms with Crippen LogP contribution in [0.3, 0.4) is 0 Å². The second kappa shape index (κ2) is 7.01. The second-order valence-electron chi connectivity index (χ2n) is 6.09. The van der Waals surface area contributed by atoms with Crippen molar-refractivity contribution >= 4 is 25.7 Å². The molecule has 1 aliphatic heterocycles. The van der Waals surface area contributed by atoms with Crippen molar-refractivity contribution in [3.63, 3.8) is 0 Å². The lowest BCUT2D eigenvalue weighted by atomic mass is 10.1. The Morgan fingerprint density at radius 1 is 1.08 bits per heavy atom. The third-order valence-corrected chi connectivity index (χ3v) is 8.61. The number of aryl methyl sites for hydroxylation is 2. The summed E-state index contributed by atoms with van der Waals surface area (Å²) in [6.45, 7) is 8.32. The number of nitrogens with zero attached hydrogens (tertiary/aromatic N) is 2. The fraction of sp³-hybridized carbons (Fsp3) is 0.625. The SMILES string of the molecule is CCN(CC)S(=O)(=O)c1c(C)cc(N2CCCCS2(=O)=O)cc1C. The Morgan fingerprint density at radius 2 is 1.62 bits per heavy atom. The van der Waals surface area contributed by atoms with Crippen LogP contribution in [0, 0.1) is 13.8 Å². The zero-order valence-electron chi connectivity index (χ0n) is 14.7. The van der Waals surface area contributed by atoms with Crippen molar-refractivity contribution in [2.45, 2.75) is 45.4 Å². The van der Waals surface area contributed by atoms with E-state index in [1.54, 1.807) is 39.8 Å². The van der Waals surface area contributed by atoms with Gasteiger partial charge in [0.1, 0.15) is 0 Å². The summed E-state index contributed by atoms with van der Waals surface area (Å²) in [5.41, 5.74) is 1.72. The molecular formula is C16H26N2O4S2. The van der Waals surface area contributed by atoms with Crippen LogP contribution in [0.5, 0.6) is 0 Å². The van der Waals surface area contributed by atoms with Crippen LogP contribution in [0.4, 0.5) is 5.69 Å². The van der Waals surface area contributed by atoms with Crippen LogP contribution in [0.25, 0.3) is 0 Å². The monoisotopic (exact) mass is 374 g/mol. The Hall–Kier alpha value is -1.12. The van der Waals surface area contributed by atoms with Crippen LogP contribution in [0.1, 0.15) is 37.8 Å². The number of sulfonamides is 2. The minimum atomic E-state index is -3.57. The van der Waals surface area contributed by atoms with Gasteiger partial charge >= 0.3 is 0 Å². The van der Waals surface area contributed by atoms with Crippen molar-refractivity contribution in [1.82, 2.24) is 4.31 Å². The first kappa shape index (κ1) is 19.2. The molecular weight excluding hydrogens is 348 g/mol. The fourth-order valence-corrected chi connectivity index (χ4v) is 6.74. The van der Waals surface area contributed by atoms with Crippen LogP contribution >= 0.6 is 0 Å². The molecule has 0 saturated carbocycles. The molecule has 2 rings (SSSR count). The molecule has 136 valence electrons. The fourth-order valence-electron chi connectivity index (χ4n) is 3.25. The van der Waals surface area contributed by atoms with E-state index >= 15 is 0 Å². The molecule has 0 amide bonds. The van der Waals surface area contributed by atoms with Crippen molar-refractivity contribution in [3.05, 3.63) is 23.3 Å². The van der Waals surface area contributed by atoms with E-state index in [9.17, 15) is 16.8 Å². The molecule has 0 N–H and O–H groups in total. The van der Waals surface area contributed by atoms with Gasteiger partial charge in [0.2, 0.25) is 20.0 Å². The molecule has 1 aromatic carbocycles. The smallest absolute Gasteiger partial charge is 0.243 e. The zero-order chi connectivity index (χ0) is 18.1. The Balaban J connectivity index is 2.54. The molecule has 1 aromatic rings. The third-order valence-electron chi connectivity index (χ3n) is 4.39. The van der Waals surface area contributed by atoms with Crippen LogP contribution in [0.2, 0.25) is 0 Å². The number of rotatable bonds is 5. The summed E-state index contributed by atoms with van der Waals surface area (Å²) in [6.07, 6.45) is 1.49. The van der Waals surface area contributed by atoms with Gasteiger partial charge in [0.15, 0.2) is 0 Å². The van der Waals surface area contributed by atoms with Crippen LogP contribution < -0.4 is 4.31 Å². The highest BCUT2D eigenvalue weighted by molar-refractivity contribution is 7.92. The van der Waals surface area contributed by atoms with Crippen molar-refractivity contribution < 1.29 is 16.8 Å². The lowest BCUT2D eigenvalue weighted by Gasteiger charge is -2.29. The van der Waals surface area contributed by atoms with Gasteiger partial charge in [-0.05, 0) is 49.9 Å². The molecule has 0 atom stereocenters. The molecule has 6 nitrogen and oxygen atoms in total. The van der Waals surface area contributed by atoms with E-state index in [2.05, 4.69) is 0 Å². The van der Waals surface area contributed by atoms with Gasteiger partial charge in [-0.2, -0.15) is 4.31 Å². The number of hydrogen-bond donors (Lipinski definition) is 0. The summed E-state index contributed by atoms with van der Waals surface area (Å²) < 4.78 is 53.1. The molecule has 0 aliphatic carbocycles. The summed E-state index contributed by atoms with van der Waals surface area (Å²) in [5.74, 6) is 0.143. The van der Waals surface area contributed by atoms with Crippen molar-refractivity contribution in [1.29, 1.82) is 0 Å². The van der Waals surface area contributed by atoms with Crippen molar-refractivity contribution in [3.8, 4) is 0 Å². The highest BCUT2D eigenvalue weighted by atomic mass is 32.2. The molecule has 0 bridgehead atoms. The quantitative estimate of drug-likeness (QED) is 0.792. The lowest BCUT2D eigenvalue weighted by molar-refractivity contribution is 0.444. The highest BCUT2D eigenvalue weighted by Gasteiger charge is 2.30. The minimum absolute atomic E-state index is 0.143. The molecule has 24 heavy (non-hydrogen) atoms. The Morgan fingerprint density at radius 3 is 2.08 bits per heavy atom. The van der Waals surface area contributed by atoms with E-state index in [1.807, 2.05) is 0 Å². The predicted octanol–water partition coefficient (Wildman–Crippen LogP) is 2.26. The third kappa shape index (κ3) is 3.45. The second-order valence-corrected chi connectivity index (χ2v) is 9.98. The maximum absolute atomic E-state index is 12.8. The van der Waals surface area contributed by atoms with E-state index in [1.165, 1.54) is 8.61 Å². The van der Waals surface area contributed by atoms with Gasteiger partial charge in [-0.3, -0.25) is 4.31 Å². The molecule has 0 radical (unpaired) electrons. The maximum Gasteiger partial charge on any atom is 0.243 e. The molecule has 0 aromatic heterocycles. The average molecular weight is 375 g/mol. The van der Waals surface area contributed by atoms with E-state index in [4.69, 9.17) is 0 Å². The van der Waals surface area contributed by atoms with Crippen LogP contribution in [-0.2, 0) is 20.0 Å². The molecule has 8 heteroatoms. The maximum atomic E-state index is 12.8. The van der Waals surface area contributed by atoms with Crippen molar-refractivity contribution in [2.24, 2.45) is 0 Å². The average Bonchev–Trinajstić information content (AvgIpc) is 2.46. The topological polar surface area (TPSA) is 74.8 Å². The lowest BCUT2D eigenvalue weighted by Crippen LogP contribution is -2.38. The number of benzene rings is 1. The normalized spacial score (nSPS) is 18.1. The molecule has 1 aliphatic rings. The number of anilines is 1. The number of hydrogen-bond acceptors (Lipinski definition) is 4. The minimum Gasteiger partial charge on any atom is -0.270 e. The first-order valence-corrected chi connectivity index (χ1v) is 11.3. The molecule has 1 heterocycles. The van der Waals surface area contributed by atoms with Gasteiger partial charge in [0, 0.05) is 19.6 Å². The Labute approximate surface area is 145 Å². The van der Waals surface area contributed by atoms with Gasteiger partial charge in [-0.1, -0.05) is 13.8 Å². The van der Waals surface area contributed by atoms with Gasteiger partial charge in [-0.25, -0.2) is 16.8 Å². The summed E-state index contributed by atoms with van der Waals surface area (Å²) in [5, 5.41) is 0. The van der Waals surface area contributed by atoms with E-state index in [0.29, 0.717) is 42.9 Å². The highest BCUT2D eigenvalue weighted by Crippen LogP contribution is 2.31. The van der Waals surface area contributed by atoms with E-state index in [0.717, 1.165) is 6.42 Å². The van der Waals surface area contributed by atoms with Gasteiger partial charge in [0.25, 0.3) is 0 Å². The van der Waals surface area contributed by atoms with Crippen molar-refractivity contribution in [2.75, 3.05) is 29.7 Å². The summed E-state index contributed by atoms with van der Waals surface area (Å²) in [6, 6.07) is 3.35. The Kier molecular flexibility index (Phi) is 5.61. The summed E-state index contributed by atoms with van der Waals surface area (Å²) >= 11 is 0. The van der Waals surface area contributed by atoms with Gasteiger partial charge in [0.05, 0.1) is 16.3 Å². The molecule has 1 fully saturated rings. The first-order valence-electron chi connectivity index (χ1n) is 8.27. The van der Waals surface area contributed by atoms with E-state index < -0.39 is 20.0 Å². The molecule has 0 unspecified atom stereocenters. The van der Waals surface area contributed by atoms with Crippen LogP contribution in [0.15, 0.2) is 17.0 Å². The first-order chi connectivity index (χ1) is 11.1. The largest absolute Gasteiger partial charge is 0.270 e. The molecule has 0 spiro atoms.